The van der Waals surface area contributed by atoms with Gasteiger partial charge in [-0.05, 0) is 19.1 Å². The van der Waals surface area contributed by atoms with Crippen molar-refractivity contribution in [3.8, 4) is 0 Å². The van der Waals surface area contributed by atoms with Gasteiger partial charge in [0.05, 0.1) is 19.0 Å². The highest BCUT2D eigenvalue weighted by Crippen LogP contribution is 2.24. The van der Waals surface area contributed by atoms with E-state index < -0.39 is 0 Å². The van der Waals surface area contributed by atoms with Crippen molar-refractivity contribution in [1.82, 2.24) is 29.7 Å². The van der Waals surface area contributed by atoms with E-state index in [0.717, 1.165) is 62.1 Å². The zero-order valence-electron chi connectivity index (χ0n) is 16.0. The number of hydrogen-bond donors (Lipinski definition) is 2. The van der Waals surface area contributed by atoms with Crippen molar-refractivity contribution in [2.24, 2.45) is 0 Å². The summed E-state index contributed by atoms with van der Waals surface area (Å²) >= 11 is 0. The predicted octanol–water partition coefficient (Wildman–Crippen LogP) is 0.622. The zero-order chi connectivity index (χ0) is 19.1. The molecule has 2 saturated heterocycles. The number of aliphatic hydroxyl groups is 1. The third kappa shape index (κ3) is 3.25. The van der Waals surface area contributed by atoms with E-state index in [1.54, 1.807) is 12.7 Å². The van der Waals surface area contributed by atoms with Crippen molar-refractivity contribution < 1.29 is 9.52 Å². The lowest BCUT2D eigenvalue weighted by molar-refractivity contribution is 0.0790. The second kappa shape index (κ2) is 7.16. The van der Waals surface area contributed by atoms with Crippen LogP contribution < -0.4 is 4.90 Å². The van der Waals surface area contributed by atoms with Crippen molar-refractivity contribution in [1.29, 1.82) is 0 Å². The number of furan rings is 1. The lowest BCUT2D eigenvalue weighted by Gasteiger charge is -2.39. The van der Waals surface area contributed by atoms with Crippen LogP contribution in [-0.4, -0.2) is 86.3 Å². The van der Waals surface area contributed by atoms with E-state index in [1.807, 2.05) is 19.1 Å². The Labute approximate surface area is 163 Å². The smallest absolute Gasteiger partial charge is 0.182 e. The number of fused-ring (bicyclic) bond motifs is 1. The number of anilines is 1. The minimum atomic E-state index is -0.332. The van der Waals surface area contributed by atoms with E-state index in [0.29, 0.717) is 12.2 Å². The Balaban J connectivity index is 1.21. The summed E-state index contributed by atoms with van der Waals surface area (Å²) < 4.78 is 5.69. The molecule has 2 fully saturated rings. The molecule has 0 amide bonds. The number of piperazine rings is 1. The van der Waals surface area contributed by atoms with Crippen molar-refractivity contribution in [2.75, 3.05) is 44.2 Å². The molecule has 5 rings (SSSR count). The summed E-state index contributed by atoms with van der Waals surface area (Å²) in [6.07, 6.45) is 2.89. The maximum atomic E-state index is 10.6. The first-order chi connectivity index (χ1) is 13.7. The minimum absolute atomic E-state index is 0.163. The van der Waals surface area contributed by atoms with Crippen LogP contribution in [0.4, 0.5) is 5.82 Å². The van der Waals surface area contributed by atoms with Crippen LogP contribution in [0.3, 0.4) is 0 Å². The molecule has 2 aliphatic heterocycles. The van der Waals surface area contributed by atoms with Crippen LogP contribution in [0.15, 0.2) is 29.2 Å². The molecule has 2 atom stereocenters. The van der Waals surface area contributed by atoms with Crippen molar-refractivity contribution in [3.63, 3.8) is 0 Å². The molecule has 3 aromatic rings. The van der Waals surface area contributed by atoms with Crippen LogP contribution in [-0.2, 0) is 6.54 Å². The van der Waals surface area contributed by atoms with Gasteiger partial charge in [0, 0.05) is 45.3 Å². The number of aromatic nitrogens is 4. The Morgan fingerprint density at radius 3 is 2.79 bits per heavy atom. The van der Waals surface area contributed by atoms with E-state index in [2.05, 4.69) is 34.6 Å². The maximum absolute atomic E-state index is 10.6. The first-order valence-electron chi connectivity index (χ1n) is 9.76. The first-order valence-corrected chi connectivity index (χ1v) is 9.76. The van der Waals surface area contributed by atoms with Gasteiger partial charge in [-0.3, -0.25) is 9.80 Å². The quantitative estimate of drug-likeness (QED) is 0.677. The van der Waals surface area contributed by atoms with Crippen LogP contribution in [0.25, 0.3) is 11.2 Å². The summed E-state index contributed by atoms with van der Waals surface area (Å²) in [7, 11) is 0. The zero-order valence-corrected chi connectivity index (χ0v) is 16.0. The van der Waals surface area contributed by atoms with Gasteiger partial charge in [0.15, 0.2) is 11.5 Å². The van der Waals surface area contributed by atoms with Gasteiger partial charge in [-0.15, -0.1) is 0 Å². The largest absolute Gasteiger partial charge is 0.465 e. The highest BCUT2D eigenvalue weighted by Gasteiger charge is 2.37. The number of likely N-dealkylation sites (tertiary alicyclic amines) is 1. The topological polar surface area (TPSA) is 97.5 Å². The Bertz CT molecular complexity index is 947. The van der Waals surface area contributed by atoms with Crippen LogP contribution in [0.5, 0.6) is 0 Å². The summed E-state index contributed by atoms with van der Waals surface area (Å²) in [5, 5.41) is 10.6. The van der Waals surface area contributed by atoms with E-state index >= 15 is 0 Å². The van der Waals surface area contributed by atoms with E-state index in [4.69, 9.17) is 4.42 Å². The molecule has 0 aromatic carbocycles. The molecule has 9 heteroatoms. The van der Waals surface area contributed by atoms with Gasteiger partial charge in [-0.25, -0.2) is 15.0 Å². The third-order valence-electron chi connectivity index (χ3n) is 5.80. The normalized spacial score (nSPS) is 24.4. The second-order valence-corrected chi connectivity index (χ2v) is 7.66. The highest BCUT2D eigenvalue weighted by molar-refractivity contribution is 5.82. The van der Waals surface area contributed by atoms with Crippen molar-refractivity contribution in [3.05, 3.63) is 36.3 Å². The molecule has 0 radical (unpaired) electrons. The number of H-pyrrole nitrogens is 1. The molecule has 9 nitrogen and oxygen atoms in total. The molecule has 148 valence electrons. The predicted molar refractivity (Wildman–Crippen MR) is 104 cm³/mol. The Hall–Kier alpha value is -2.49. The number of aromatic amines is 1. The van der Waals surface area contributed by atoms with Gasteiger partial charge in [0.2, 0.25) is 0 Å². The van der Waals surface area contributed by atoms with Crippen LogP contribution in [0.1, 0.15) is 11.5 Å². The number of aliphatic hydroxyl groups excluding tert-OH is 1. The fraction of sp³-hybridized carbons (Fsp3) is 0.526. The SMILES string of the molecule is Cc1ccc(CN2C[C@H](O)[C@@H](N3CCN(c4ncnc5nc[nH]c45)CC3)C2)o1. The van der Waals surface area contributed by atoms with Gasteiger partial charge >= 0.3 is 0 Å². The van der Waals surface area contributed by atoms with Crippen LogP contribution in [0, 0.1) is 6.92 Å². The highest BCUT2D eigenvalue weighted by atomic mass is 16.3. The number of nitrogens with zero attached hydrogens (tertiary/aromatic N) is 6. The molecule has 2 N–H and O–H groups in total. The van der Waals surface area contributed by atoms with E-state index in [1.165, 1.54) is 0 Å². The van der Waals surface area contributed by atoms with Gasteiger partial charge in [0.1, 0.15) is 23.4 Å². The average Bonchev–Trinajstić information content (AvgIpc) is 3.42. The number of imidazole rings is 1. The molecule has 0 saturated carbocycles. The Morgan fingerprint density at radius 1 is 1.14 bits per heavy atom. The number of aryl methyl sites for hydroxylation is 1. The molecule has 2 aliphatic rings. The first kappa shape index (κ1) is 17.6. The molecular formula is C19H25N7O2. The Morgan fingerprint density at radius 2 is 2.00 bits per heavy atom. The fourth-order valence-corrected chi connectivity index (χ4v) is 4.38. The summed E-state index contributed by atoms with van der Waals surface area (Å²) in [4.78, 5) is 23.0. The van der Waals surface area contributed by atoms with Gasteiger partial charge in [-0.1, -0.05) is 0 Å². The lowest BCUT2D eigenvalue weighted by Crippen LogP contribution is -2.54. The van der Waals surface area contributed by atoms with Gasteiger partial charge < -0.3 is 19.4 Å². The maximum Gasteiger partial charge on any atom is 0.182 e. The molecular weight excluding hydrogens is 358 g/mol. The van der Waals surface area contributed by atoms with Gasteiger partial charge in [0.25, 0.3) is 0 Å². The van der Waals surface area contributed by atoms with E-state index in [-0.39, 0.29) is 12.1 Å². The summed E-state index contributed by atoms with van der Waals surface area (Å²) in [5.41, 5.74) is 1.58. The standard InChI is InChI=1S/C19H25N7O2/c1-13-2-3-14(28-13)8-24-9-15(16(27)10-24)25-4-6-26(7-5-25)19-17-18(21-11-20-17)22-12-23-19/h2-3,11-12,15-16,27H,4-10H2,1H3,(H,20,21,22,23)/t15-,16-/m0/s1. The molecule has 5 heterocycles. The second-order valence-electron chi connectivity index (χ2n) is 7.66. The average molecular weight is 383 g/mol. The molecule has 0 unspecified atom stereocenters. The summed E-state index contributed by atoms with van der Waals surface area (Å²) in [6, 6.07) is 4.17. The van der Waals surface area contributed by atoms with Crippen LogP contribution in [0.2, 0.25) is 0 Å². The number of β-amino-alcohol motifs (C(OH)–C–C–N with tert-alkyl or cyclic N) is 1. The van der Waals surface area contributed by atoms with E-state index in [9.17, 15) is 5.11 Å². The number of hydrogen-bond acceptors (Lipinski definition) is 8. The van der Waals surface area contributed by atoms with Crippen molar-refractivity contribution >= 4 is 17.0 Å². The molecule has 3 aromatic heterocycles. The minimum Gasteiger partial charge on any atom is -0.465 e. The number of nitrogens with one attached hydrogen (secondary N) is 1. The van der Waals surface area contributed by atoms with Crippen LogP contribution >= 0.6 is 0 Å². The fourth-order valence-electron chi connectivity index (χ4n) is 4.38. The lowest BCUT2D eigenvalue weighted by atomic mass is 10.1. The molecule has 28 heavy (non-hydrogen) atoms. The third-order valence-corrected chi connectivity index (χ3v) is 5.80. The molecule has 0 aliphatic carbocycles. The summed E-state index contributed by atoms with van der Waals surface area (Å²) in [5.74, 6) is 2.80. The number of rotatable bonds is 4. The molecule has 0 bridgehead atoms. The summed E-state index contributed by atoms with van der Waals surface area (Å²) in [6.45, 7) is 7.78. The molecule has 0 spiro atoms. The van der Waals surface area contributed by atoms with Gasteiger partial charge in [-0.2, -0.15) is 0 Å². The Kier molecular flexibility index (Phi) is 4.50. The monoisotopic (exact) mass is 383 g/mol. The van der Waals surface area contributed by atoms with Crippen molar-refractivity contribution in [2.45, 2.75) is 25.6 Å².